The Balaban J connectivity index is 2.01. The van der Waals surface area contributed by atoms with E-state index in [-0.39, 0.29) is 10.8 Å². The Morgan fingerprint density at radius 1 is 1.04 bits per heavy atom. The van der Waals surface area contributed by atoms with Crippen molar-refractivity contribution in [2.75, 3.05) is 11.1 Å². The second-order valence-electron chi connectivity index (χ2n) is 6.35. The van der Waals surface area contributed by atoms with Crippen molar-refractivity contribution >= 4 is 33.4 Å². The first-order valence-electron chi connectivity index (χ1n) is 8.22. The number of anilines is 1. The number of nitrogens with two attached hydrogens (primary N) is 1. The Kier molecular flexibility index (Phi) is 6.49. The maximum atomic E-state index is 12.2. The van der Waals surface area contributed by atoms with Gasteiger partial charge in [0, 0.05) is 22.8 Å². The SMILES string of the molecule is Cc1ccc(SCCC(=O)Nc2cc(S(N)(=O)=O)cc(C)c2C)cc1C. The van der Waals surface area contributed by atoms with Gasteiger partial charge in [-0.1, -0.05) is 6.07 Å². The van der Waals surface area contributed by atoms with Crippen molar-refractivity contribution in [2.45, 2.75) is 43.9 Å². The second-order valence-corrected chi connectivity index (χ2v) is 9.08. The van der Waals surface area contributed by atoms with Crippen LogP contribution in [0.1, 0.15) is 28.7 Å². The summed E-state index contributed by atoms with van der Waals surface area (Å²) in [5, 5.41) is 8.00. The maximum absolute atomic E-state index is 12.2. The molecule has 2 aromatic rings. The highest BCUT2D eigenvalue weighted by Crippen LogP contribution is 2.25. The predicted molar refractivity (Wildman–Crippen MR) is 107 cm³/mol. The lowest BCUT2D eigenvalue weighted by Gasteiger charge is -2.13. The smallest absolute Gasteiger partial charge is 0.238 e. The van der Waals surface area contributed by atoms with Crippen molar-refractivity contribution in [3.63, 3.8) is 0 Å². The van der Waals surface area contributed by atoms with Gasteiger partial charge in [-0.3, -0.25) is 4.79 Å². The number of primary sulfonamides is 1. The molecule has 2 aromatic carbocycles. The summed E-state index contributed by atoms with van der Waals surface area (Å²) in [5.41, 5.74) is 4.54. The van der Waals surface area contributed by atoms with E-state index in [9.17, 15) is 13.2 Å². The van der Waals surface area contributed by atoms with Crippen LogP contribution >= 0.6 is 11.8 Å². The molecule has 0 saturated carbocycles. The van der Waals surface area contributed by atoms with Crippen LogP contribution in [0, 0.1) is 27.7 Å². The van der Waals surface area contributed by atoms with Crippen molar-refractivity contribution in [1.82, 2.24) is 0 Å². The maximum Gasteiger partial charge on any atom is 0.238 e. The topological polar surface area (TPSA) is 89.3 Å². The minimum atomic E-state index is -3.82. The number of aryl methyl sites for hydroxylation is 3. The van der Waals surface area contributed by atoms with Crippen LogP contribution in [0.2, 0.25) is 0 Å². The first kappa shape index (κ1) is 20.5. The zero-order valence-corrected chi connectivity index (χ0v) is 17.1. The molecular weight excluding hydrogens is 368 g/mol. The molecule has 0 unspecified atom stereocenters. The molecule has 7 heteroatoms. The molecule has 0 aliphatic carbocycles. The first-order valence-corrected chi connectivity index (χ1v) is 10.7. The first-order chi connectivity index (χ1) is 12.1. The lowest BCUT2D eigenvalue weighted by atomic mass is 10.1. The Hall–Kier alpha value is -1.83. The van der Waals surface area contributed by atoms with Gasteiger partial charge in [0.05, 0.1) is 4.90 Å². The molecular formula is C19H24N2O3S2. The van der Waals surface area contributed by atoms with Crippen LogP contribution in [0.25, 0.3) is 0 Å². The highest BCUT2D eigenvalue weighted by molar-refractivity contribution is 7.99. The van der Waals surface area contributed by atoms with Gasteiger partial charge in [0.15, 0.2) is 0 Å². The summed E-state index contributed by atoms with van der Waals surface area (Å²) in [6.45, 7) is 7.75. The molecule has 0 atom stereocenters. The average molecular weight is 393 g/mol. The molecule has 1 amide bonds. The number of carbonyl (C=O) groups is 1. The number of thioether (sulfide) groups is 1. The van der Waals surface area contributed by atoms with Gasteiger partial charge < -0.3 is 5.32 Å². The fraction of sp³-hybridized carbons (Fsp3) is 0.316. The third-order valence-corrected chi connectivity index (χ3v) is 6.21. The van der Waals surface area contributed by atoms with Crippen molar-refractivity contribution in [3.05, 3.63) is 52.6 Å². The number of sulfonamides is 1. The Morgan fingerprint density at radius 3 is 2.35 bits per heavy atom. The van der Waals surface area contributed by atoms with Gasteiger partial charge in [0.25, 0.3) is 0 Å². The number of nitrogens with one attached hydrogen (secondary N) is 1. The van der Waals surface area contributed by atoms with E-state index in [4.69, 9.17) is 5.14 Å². The molecule has 140 valence electrons. The molecule has 0 heterocycles. The number of hydrogen-bond donors (Lipinski definition) is 2. The molecule has 0 aliphatic rings. The normalized spacial score (nSPS) is 11.4. The highest BCUT2D eigenvalue weighted by atomic mass is 32.2. The monoisotopic (exact) mass is 392 g/mol. The number of hydrogen-bond acceptors (Lipinski definition) is 4. The molecule has 26 heavy (non-hydrogen) atoms. The van der Waals surface area contributed by atoms with Crippen LogP contribution in [0.15, 0.2) is 40.1 Å². The number of rotatable bonds is 6. The Bertz CT molecular complexity index is 938. The van der Waals surface area contributed by atoms with Crippen molar-refractivity contribution in [2.24, 2.45) is 5.14 Å². The molecule has 3 N–H and O–H groups in total. The summed E-state index contributed by atoms with van der Waals surface area (Å²) in [5.74, 6) is 0.483. The number of amides is 1. The van der Waals surface area contributed by atoms with Crippen LogP contribution in [0.3, 0.4) is 0 Å². The van der Waals surface area contributed by atoms with Crippen LogP contribution in [-0.2, 0) is 14.8 Å². The zero-order valence-electron chi connectivity index (χ0n) is 15.4. The average Bonchev–Trinajstić information content (AvgIpc) is 2.54. The van der Waals surface area contributed by atoms with Gasteiger partial charge in [0.1, 0.15) is 0 Å². The standard InChI is InChI=1S/C19H24N2O3S2/c1-12-5-6-16(9-13(12)2)25-8-7-19(22)21-18-11-17(26(20,23)24)10-14(3)15(18)4/h5-6,9-11H,7-8H2,1-4H3,(H,21,22)(H2,20,23,24). The summed E-state index contributed by atoms with van der Waals surface area (Å²) in [7, 11) is -3.82. The van der Waals surface area contributed by atoms with Gasteiger partial charge in [-0.25, -0.2) is 13.6 Å². The van der Waals surface area contributed by atoms with E-state index in [2.05, 4.69) is 31.3 Å². The van der Waals surface area contributed by atoms with E-state index >= 15 is 0 Å². The highest BCUT2D eigenvalue weighted by Gasteiger charge is 2.14. The summed E-state index contributed by atoms with van der Waals surface area (Å²) in [6.07, 6.45) is 0.329. The fourth-order valence-corrected chi connectivity index (χ4v) is 3.97. The third kappa shape index (κ3) is 5.33. The number of carbonyl (C=O) groups excluding carboxylic acids is 1. The van der Waals surface area contributed by atoms with Crippen LogP contribution in [0.5, 0.6) is 0 Å². The molecule has 0 bridgehead atoms. The van der Waals surface area contributed by atoms with E-state index < -0.39 is 10.0 Å². The summed E-state index contributed by atoms with van der Waals surface area (Å²) >= 11 is 1.62. The lowest BCUT2D eigenvalue weighted by Crippen LogP contribution is -2.16. The fourth-order valence-electron chi connectivity index (χ4n) is 2.40. The van der Waals surface area contributed by atoms with Crippen molar-refractivity contribution in [3.8, 4) is 0 Å². The van der Waals surface area contributed by atoms with Gasteiger partial charge in [0.2, 0.25) is 15.9 Å². The molecule has 0 aliphatic heterocycles. The molecule has 2 rings (SSSR count). The van der Waals surface area contributed by atoms with Crippen molar-refractivity contribution in [1.29, 1.82) is 0 Å². The predicted octanol–water partition coefficient (Wildman–Crippen LogP) is 3.69. The van der Waals surface area contributed by atoms with Gasteiger partial charge >= 0.3 is 0 Å². The lowest BCUT2D eigenvalue weighted by molar-refractivity contribution is -0.115. The largest absolute Gasteiger partial charge is 0.326 e. The molecule has 0 fully saturated rings. The minimum Gasteiger partial charge on any atom is -0.326 e. The van der Waals surface area contributed by atoms with E-state index in [0.29, 0.717) is 17.9 Å². The molecule has 5 nitrogen and oxygen atoms in total. The van der Waals surface area contributed by atoms with E-state index in [1.165, 1.54) is 23.3 Å². The zero-order chi connectivity index (χ0) is 19.5. The second kappa shape index (κ2) is 8.24. The molecule has 0 aromatic heterocycles. The van der Waals surface area contributed by atoms with E-state index in [1.807, 2.05) is 13.0 Å². The van der Waals surface area contributed by atoms with Crippen molar-refractivity contribution < 1.29 is 13.2 Å². The quantitative estimate of drug-likeness (QED) is 0.734. The molecule has 0 radical (unpaired) electrons. The number of benzene rings is 2. The van der Waals surface area contributed by atoms with Gasteiger partial charge in [-0.05, 0) is 74.2 Å². The van der Waals surface area contributed by atoms with Crippen LogP contribution in [-0.4, -0.2) is 20.1 Å². The van der Waals surface area contributed by atoms with Crippen LogP contribution < -0.4 is 10.5 Å². The third-order valence-electron chi connectivity index (χ3n) is 4.32. The van der Waals surface area contributed by atoms with Gasteiger partial charge in [-0.2, -0.15) is 0 Å². The Morgan fingerprint density at radius 2 is 1.73 bits per heavy atom. The van der Waals surface area contributed by atoms with Crippen LogP contribution in [0.4, 0.5) is 5.69 Å². The van der Waals surface area contributed by atoms with E-state index in [0.717, 1.165) is 16.0 Å². The Labute approximate surface area is 159 Å². The van der Waals surface area contributed by atoms with E-state index in [1.54, 1.807) is 18.7 Å². The summed E-state index contributed by atoms with van der Waals surface area (Å²) < 4.78 is 23.2. The molecule has 0 spiro atoms. The minimum absolute atomic E-state index is 0.000376. The summed E-state index contributed by atoms with van der Waals surface area (Å²) in [6, 6.07) is 9.15. The van der Waals surface area contributed by atoms with Gasteiger partial charge in [-0.15, -0.1) is 11.8 Å². The molecule has 0 saturated heterocycles. The summed E-state index contributed by atoms with van der Waals surface area (Å²) in [4.78, 5) is 13.4.